The van der Waals surface area contributed by atoms with Crippen LogP contribution in [0.15, 0.2) is 18.2 Å². The molecule has 1 aromatic rings. The molecule has 4 nitrogen and oxygen atoms in total. The minimum absolute atomic E-state index is 0.234. The second-order valence-corrected chi connectivity index (χ2v) is 6.86. The summed E-state index contributed by atoms with van der Waals surface area (Å²) in [5.41, 5.74) is 8.72. The summed E-state index contributed by atoms with van der Waals surface area (Å²) in [5.74, 6) is 0.234. The summed E-state index contributed by atoms with van der Waals surface area (Å²) < 4.78 is 22.2. The highest BCUT2D eigenvalue weighted by Gasteiger charge is 2.08. The number of sulfone groups is 1. The number of nitrogen functional groups attached to an aromatic ring is 1. The molecule has 0 aliphatic rings. The number of rotatable bonds is 6. The fourth-order valence-electron chi connectivity index (χ4n) is 1.84. The third-order valence-electron chi connectivity index (χ3n) is 2.94. The molecule has 102 valence electrons. The van der Waals surface area contributed by atoms with E-state index in [9.17, 15) is 8.42 Å². The molecule has 0 fully saturated rings. The first-order valence-corrected chi connectivity index (χ1v) is 8.18. The average Bonchev–Trinajstić information content (AvgIpc) is 2.27. The van der Waals surface area contributed by atoms with Crippen LogP contribution >= 0.6 is 0 Å². The second-order valence-electron chi connectivity index (χ2n) is 4.60. The molecule has 5 heteroatoms. The lowest BCUT2D eigenvalue weighted by Crippen LogP contribution is -2.25. The van der Waals surface area contributed by atoms with Gasteiger partial charge < -0.3 is 10.6 Å². The number of aryl methyl sites for hydroxylation is 1. The van der Waals surface area contributed by atoms with Crippen LogP contribution in [0.3, 0.4) is 0 Å². The lowest BCUT2D eigenvalue weighted by molar-refractivity contribution is 0.598. The van der Waals surface area contributed by atoms with Crippen LogP contribution in [0.2, 0.25) is 0 Å². The molecule has 0 saturated heterocycles. The van der Waals surface area contributed by atoms with Crippen molar-refractivity contribution in [3.63, 3.8) is 0 Å². The van der Waals surface area contributed by atoms with Crippen LogP contribution in [0.25, 0.3) is 0 Å². The number of nitrogens with two attached hydrogens (primary N) is 1. The zero-order valence-electron chi connectivity index (χ0n) is 11.3. The minimum Gasteiger partial charge on any atom is -0.399 e. The van der Waals surface area contributed by atoms with E-state index in [1.165, 1.54) is 6.26 Å². The van der Waals surface area contributed by atoms with Crippen LogP contribution in [0, 0.1) is 6.92 Å². The number of hydrogen-bond donors (Lipinski definition) is 1. The molecule has 0 aliphatic carbocycles. The van der Waals surface area contributed by atoms with Gasteiger partial charge in [0.2, 0.25) is 0 Å². The summed E-state index contributed by atoms with van der Waals surface area (Å²) in [5, 5.41) is 0. The number of nitrogens with zero attached hydrogens (tertiary/aromatic N) is 1. The third kappa shape index (κ3) is 4.56. The predicted molar refractivity (Wildman–Crippen MR) is 77.8 cm³/mol. The van der Waals surface area contributed by atoms with Gasteiger partial charge in [0, 0.05) is 30.7 Å². The van der Waals surface area contributed by atoms with Crippen LogP contribution in [0.4, 0.5) is 11.4 Å². The first kappa shape index (κ1) is 14.8. The Bertz CT molecular complexity index is 498. The van der Waals surface area contributed by atoms with Gasteiger partial charge in [-0.3, -0.25) is 0 Å². The molecule has 0 aromatic heterocycles. The lowest BCUT2D eigenvalue weighted by atomic mass is 10.1. The van der Waals surface area contributed by atoms with E-state index < -0.39 is 9.84 Å². The van der Waals surface area contributed by atoms with E-state index in [2.05, 4.69) is 11.8 Å². The van der Waals surface area contributed by atoms with Crippen molar-refractivity contribution in [1.82, 2.24) is 0 Å². The van der Waals surface area contributed by atoms with Crippen LogP contribution in [-0.2, 0) is 9.84 Å². The molecule has 0 spiro atoms. The van der Waals surface area contributed by atoms with Gasteiger partial charge in [-0.15, -0.1) is 0 Å². The first-order chi connectivity index (χ1) is 8.33. The van der Waals surface area contributed by atoms with Gasteiger partial charge in [-0.1, -0.05) is 0 Å². The molecule has 1 rings (SSSR count). The lowest BCUT2D eigenvalue weighted by Gasteiger charge is -2.23. The van der Waals surface area contributed by atoms with Crippen LogP contribution in [0.5, 0.6) is 0 Å². The van der Waals surface area contributed by atoms with E-state index in [1.807, 2.05) is 25.1 Å². The van der Waals surface area contributed by atoms with Crippen molar-refractivity contribution >= 4 is 21.2 Å². The second kappa shape index (κ2) is 6.09. The maximum atomic E-state index is 11.1. The summed E-state index contributed by atoms with van der Waals surface area (Å²) in [7, 11) is -2.87. The molecule has 0 heterocycles. The van der Waals surface area contributed by atoms with Crippen molar-refractivity contribution in [1.29, 1.82) is 0 Å². The van der Waals surface area contributed by atoms with Gasteiger partial charge in [0.25, 0.3) is 0 Å². The smallest absolute Gasteiger partial charge is 0.147 e. The van der Waals surface area contributed by atoms with E-state index in [-0.39, 0.29) is 5.75 Å². The molecular formula is C13H22N2O2S. The fourth-order valence-corrected chi connectivity index (χ4v) is 2.50. The molecule has 18 heavy (non-hydrogen) atoms. The van der Waals surface area contributed by atoms with Crippen molar-refractivity contribution in [3.8, 4) is 0 Å². The molecular weight excluding hydrogens is 248 g/mol. The molecule has 0 atom stereocenters. The highest BCUT2D eigenvalue weighted by atomic mass is 32.2. The topological polar surface area (TPSA) is 63.4 Å². The average molecular weight is 270 g/mol. The Morgan fingerprint density at radius 1 is 1.33 bits per heavy atom. The monoisotopic (exact) mass is 270 g/mol. The number of benzene rings is 1. The molecule has 0 saturated carbocycles. The number of hydrogen-bond acceptors (Lipinski definition) is 4. The maximum absolute atomic E-state index is 11.1. The SMILES string of the molecule is CCN(CCCS(C)(=O)=O)c1ccc(N)c(C)c1. The van der Waals surface area contributed by atoms with Gasteiger partial charge in [-0.25, -0.2) is 8.42 Å². The first-order valence-electron chi connectivity index (χ1n) is 6.12. The fraction of sp³-hybridized carbons (Fsp3) is 0.538. The largest absolute Gasteiger partial charge is 0.399 e. The Labute approximate surface area is 110 Å². The Morgan fingerprint density at radius 3 is 2.50 bits per heavy atom. The van der Waals surface area contributed by atoms with Crippen molar-refractivity contribution in [2.75, 3.05) is 35.7 Å². The summed E-state index contributed by atoms with van der Waals surface area (Å²) in [6, 6.07) is 5.91. The Hall–Kier alpha value is -1.23. The molecule has 2 N–H and O–H groups in total. The third-order valence-corrected chi connectivity index (χ3v) is 3.97. The van der Waals surface area contributed by atoms with Crippen molar-refractivity contribution in [2.24, 2.45) is 0 Å². The number of anilines is 2. The van der Waals surface area contributed by atoms with E-state index >= 15 is 0 Å². The van der Waals surface area contributed by atoms with Gasteiger partial charge in [-0.2, -0.15) is 0 Å². The van der Waals surface area contributed by atoms with E-state index in [4.69, 9.17) is 5.73 Å². The van der Waals surface area contributed by atoms with Gasteiger partial charge in [0.15, 0.2) is 0 Å². The van der Waals surface area contributed by atoms with E-state index in [1.54, 1.807) is 0 Å². The summed E-state index contributed by atoms with van der Waals surface area (Å²) in [6.07, 6.45) is 1.92. The Kier molecular flexibility index (Phi) is 5.02. The zero-order chi connectivity index (χ0) is 13.8. The summed E-state index contributed by atoms with van der Waals surface area (Å²) in [4.78, 5) is 2.16. The quantitative estimate of drug-likeness (QED) is 0.801. The van der Waals surface area contributed by atoms with Gasteiger partial charge >= 0.3 is 0 Å². The van der Waals surface area contributed by atoms with E-state index in [0.29, 0.717) is 6.42 Å². The molecule has 1 aromatic carbocycles. The highest BCUT2D eigenvalue weighted by molar-refractivity contribution is 7.90. The standard InChI is InChI=1S/C13H22N2O2S/c1-4-15(8-5-9-18(3,16)17)12-6-7-13(14)11(2)10-12/h6-7,10H,4-5,8-9,14H2,1-3H3. The summed E-state index contributed by atoms with van der Waals surface area (Å²) in [6.45, 7) is 5.63. The van der Waals surface area contributed by atoms with Gasteiger partial charge in [-0.05, 0) is 44.0 Å². The molecule has 0 radical (unpaired) electrons. The summed E-state index contributed by atoms with van der Waals surface area (Å²) >= 11 is 0. The van der Waals surface area contributed by atoms with Crippen LogP contribution in [-0.4, -0.2) is 33.5 Å². The predicted octanol–water partition coefficient (Wildman–Crippen LogP) is 1.84. The molecule has 0 unspecified atom stereocenters. The zero-order valence-corrected chi connectivity index (χ0v) is 12.1. The van der Waals surface area contributed by atoms with Crippen molar-refractivity contribution in [3.05, 3.63) is 23.8 Å². The highest BCUT2D eigenvalue weighted by Crippen LogP contribution is 2.20. The molecule has 0 aliphatic heterocycles. The van der Waals surface area contributed by atoms with E-state index in [0.717, 1.165) is 30.0 Å². The minimum atomic E-state index is -2.87. The van der Waals surface area contributed by atoms with Crippen LogP contribution in [0.1, 0.15) is 18.9 Å². The van der Waals surface area contributed by atoms with Crippen molar-refractivity contribution < 1.29 is 8.42 Å². The Balaban J connectivity index is 2.68. The van der Waals surface area contributed by atoms with Crippen molar-refractivity contribution in [2.45, 2.75) is 20.3 Å². The maximum Gasteiger partial charge on any atom is 0.147 e. The van der Waals surface area contributed by atoms with Gasteiger partial charge in [0.05, 0.1) is 5.75 Å². The molecule has 0 amide bonds. The molecule has 0 bridgehead atoms. The normalized spacial score (nSPS) is 11.5. The Morgan fingerprint density at radius 2 is 2.00 bits per heavy atom. The van der Waals surface area contributed by atoms with Crippen LogP contribution < -0.4 is 10.6 Å². The van der Waals surface area contributed by atoms with Gasteiger partial charge in [0.1, 0.15) is 9.84 Å².